The second-order valence-corrected chi connectivity index (χ2v) is 8.45. The van der Waals surface area contributed by atoms with Crippen LogP contribution >= 0.6 is 12.4 Å². The molecule has 0 saturated heterocycles. The second-order valence-electron chi connectivity index (χ2n) is 5.61. The average molecular weight is 381 g/mol. The monoisotopic (exact) mass is 381 g/mol. The fourth-order valence-corrected chi connectivity index (χ4v) is 4.84. The van der Waals surface area contributed by atoms with Gasteiger partial charge in [0.15, 0.2) is 0 Å². The Kier molecular flexibility index (Phi) is 15.6. The van der Waals surface area contributed by atoms with Crippen LogP contribution in [0.25, 0.3) is 0 Å². The van der Waals surface area contributed by atoms with Gasteiger partial charge in [-0.2, -0.15) is 0 Å². The minimum absolute atomic E-state index is 0. The van der Waals surface area contributed by atoms with E-state index in [0.717, 1.165) is 5.92 Å². The van der Waals surface area contributed by atoms with Crippen molar-refractivity contribution in [1.29, 1.82) is 0 Å². The maximum atomic E-state index is 2.41. The molecular weight excluding hydrogens is 346 g/mol. The maximum absolute atomic E-state index is 2.41. The van der Waals surface area contributed by atoms with E-state index in [1.165, 1.54) is 64.2 Å². The zero-order valence-corrected chi connectivity index (χ0v) is 16.7. The normalized spacial score (nSPS) is 13.2. The van der Waals surface area contributed by atoms with Crippen LogP contribution in [0.1, 0.15) is 91.9 Å². The standard InChI is InChI=1S/C16H33.ClH.Sn/c1-5-9-12-15(8-4)16(13-10-6-2)14-11-7-3;;/h15H,5-14H2,1-4H3;1H;. The van der Waals surface area contributed by atoms with Gasteiger partial charge in [-0.3, -0.25) is 0 Å². The Morgan fingerprint density at radius 3 is 1.61 bits per heavy atom. The third kappa shape index (κ3) is 8.30. The van der Waals surface area contributed by atoms with Gasteiger partial charge >= 0.3 is 124 Å². The van der Waals surface area contributed by atoms with Crippen LogP contribution in [0.2, 0.25) is 3.43 Å². The smallest absolute Gasteiger partial charge is 0.147 e. The zero-order valence-electron chi connectivity index (χ0n) is 13.1. The summed E-state index contributed by atoms with van der Waals surface area (Å²) in [4.78, 5) is 0. The predicted octanol–water partition coefficient (Wildman–Crippen LogP) is 6.33. The molecule has 0 aliphatic carbocycles. The molecule has 0 aromatic carbocycles. The molecule has 3 radical (unpaired) electrons. The molecule has 0 amide bonds. The van der Waals surface area contributed by atoms with E-state index >= 15 is 0 Å². The van der Waals surface area contributed by atoms with Gasteiger partial charge in [0.1, 0.15) is 0 Å². The number of hydrogen-bond donors (Lipinski definition) is 0. The number of hydrogen-bond acceptors (Lipinski definition) is 0. The third-order valence-electron chi connectivity index (χ3n) is 4.13. The first kappa shape index (κ1) is 21.4. The van der Waals surface area contributed by atoms with Crippen LogP contribution in [0, 0.1) is 5.92 Å². The molecule has 1 atom stereocenters. The van der Waals surface area contributed by atoms with Gasteiger partial charge < -0.3 is 0 Å². The molecule has 0 N–H and O–H groups in total. The molecular formula is C16H34ClSn. The van der Waals surface area contributed by atoms with Crippen LogP contribution in [0.5, 0.6) is 0 Å². The molecule has 109 valence electrons. The summed E-state index contributed by atoms with van der Waals surface area (Å²) < 4.78 is 0.711. The molecule has 0 aliphatic heterocycles. The summed E-state index contributed by atoms with van der Waals surface area (Å²) >= 11 is 1.82. The second kappa shape index (κ2) is 13.1. The van der Waals surface area contributed by atoms with Crippen LogP contribution in [-0.4, -0.2) is 22.5 Å². The Bertz CT molecular complexity index is 162. The van der Waals surface area contributed by atoms with E-state index < -0.39 is 0 Å². The quantitative estimate of drug-likeness (QED) is 0.367. The summed E-state index contributed by atoms with van der Waals surface area (Å²) in [6, 6.07) is 0. The number of unbranched alkanes of at least 4 members (excludes halogenated alkanes) is 3. The molecule has 0 aromatic heterocycles. The number of halogens is 1. The van der Waals surface area contributed by atoms with E-state index in [0.29, 0.717) is 3.43 Å². The van der Waals surface area contributed by atoms with Crippen molar-refractivity contribution in [2.75, 3.05) is 0 Å². The summed E-state index contributed by atoms with van der Waals surface area (Å²) in [6.45, 7) is 9.42. The van der Waals surface area contributed by atoms with Gasteiger partial charge in [-0.25, -0.2) is 0 Å². The fraction of sp³-hybridized carbons (Fsp3) is 1.00. The maximum Gasteiger partial charge on any atom is -0.147 e. The molecule has 0 aliphatic rings. The van der Waals surface area contributed by atoms with Crippen molar-refractivity contribution < 1.29 is 0 Å². The molecule has 0 rings (SSSR count). The first-order valence-electron chi connectivity index (χ1n) is 7.89. The van der Waals surface area contributed by atoms with Gasteiger partial charge in [0.2, 0.25) is 0 Å². The molecule has 0 bridgehead atoms. The van der Waals surface area contributed by atoms with Gasteiger partial charge in [0.25, 0.3) is 0 Å². The molecule has 18 heavy (non-hydrogen) atoms. The van der Waals surface area contributed by atoms with Gasteiger partial charge in [0, 0.05) is 0 Å². The van der Waals surface area contributed by atoms with Crippen molar-refractivity contribution in [2.24, 2.45) is 5.92 Å². The molecule has 0 saturated carbocycles. The summed E-state index contributed by atoms with van der Waals surface area (Å²) in [5.41, 5.74) is 0. The molecule has 1 unspecified atom stereocenters. The minimum Gasteiger partial charge on any atom is -0.147 e. The molecule has 0 fully saturated rings. The van der Waals surface area contributed by atoms with Crippen molar-refractivity contribution >= 4 is 34.9 Å². The SMILES string of the molecule is CCCCC(CC)[C]([Sn])(CCCC)CCCC.Cl. The van der Waals surface area contributed by atoms with Gasteiger partial charge in [-0.15, -0.1) is 12.4 Å². The summed E-state index contributed by atoms with van der Waals surface area (Å²) in [7, 11) is 0. The van der Waals surface area contributed by atoms with E-state index in [4.69, 9.17) is 0 Å². The van der Waals surface area contributed by atoms with E-state index in [2.05, 4.69) is 27.7 Å². The Hall–Kier alpha value is 1.09. The summed E-state index contributed by atoms with van der Waals surface area (Å²) in [5.74, 6) is 0.999. The van der Waals surface area contributed by atoms with Gasteiger partial charge in [0.05, 0.1) is 0 Å². The van der Waals surface area contributed by atoms with Crippen LogP contribution in [0.15, 0.2) is 0 Å². The van der Waals surface area contributed by atoms with Crippen LogP contribution in [-0.2, 0) is 0 Å². The summed E-state index contributed by atoms with van der Waals surface area (Å²) in [5, 5.41) is 0. The van der Waals surface area contributed by atoms with Crippen molar-refractivity contribution in [3.05, 3.63) is 0 Å². The third-order valence-corrected chi connectivity index (χ3v) is 6.73. The molecule has 0 spiro atoms. The molecule has 0 heterocycles. The van der Waals surface area contributed by atoms with E-state index in [-0.39, 0.29) is 12.4 Å². The fourth-order valence-electron chi connectivity index (χ4n) is 2.84. The molecule has 0 aromatic rings. The first-order valence-corrected chi connectivity index (χ1v) is 9.32. The molecule has 2 heteroatoms. The minimum atomic E-state index is 0. The Morgan fingerprint density at radius 1 is 0.833 bits per heavy atom. The Morgan fingerprint density at radius 2 is 1.28 bits per heavy atom. The number of rotatable bonds is 11. The van der Waals surface area contributed by atoms with Crippen molar-refractivity contribution in [3.63, 3.8) is 0 Å². The van der Waals surface area contributed by atoms with Gasteiger partial charge in [-0.1, -0.05) is 0 Å². The van der Waals surface area contributed by atoms with Gasteiger partial charge in [-0.05, 0) is 0 Å². The largest absolute Gasteiger partial charge is 0.147 e. The van der Waals surface area contributed by atoms with Crippen molar-refractivity contribution in [3.8, 4) is 0 Å². The van der Waals surface area contributed by atoms with E-state index in [9.17, 15) is 0 Å². The molecule has 0 nitrogen and oxygen atoms in total. The average Bonchev–Trinajstić information content (AvgIpc) is 2.35. The van der Waals surface area contributed by atoms with Crippen LogP contribution < -0.4 is 0 Å². The first-order chi connectivity index (χ1) is 8.14. The van der Waals surface area contributed by atoms with Crippen LogP contribution in [0.4, 0.5) is 0 Å². The Balaban J connectivity index is 0. The van der Waals surface area contributed by atoms with Crippen molar-refractivity contribution in [2.45, 2.75) is 95.3 Å². The van der Waals surface area contributed by atoms with Crippen LogP contribution in [0.3, 0.4) is 0 Å². The van der Waals surface area contributed by atoms with E-state index in [1.807, 2.05) is 22.5 Å². The van der Waals surface area contributed by atoms with Crippen molar-refractivity contribution in [1.82, 2.24) is 0 Å². The Labute approximate surface area is 136 Å². The van der Waals surface area contributed by atoms with E-state index in [1.54, 1.807) is 0 Å². The predicted molar refractivity (Wildman–Crippen MR) is 88.1 cm³/mol. The topological polar surface area (TPSA) is 0 Å². The summed E-state index contributed by atoms with van der Waals surface area (Å²) in [6.07, 6.45) is 14.3. The zero-order chi connectivity index (χ0) is 13.1.